The van der Waals surface area contributed by atoms with Crippen molar-refractivity contribution in [3.8, 4) is 11.3 Å². The minimum Gasteiger partial charge on any atom is -0.345 e. The summed E-state index contributed by atoms with van der Waals surface area (Å²) in [6, 6.07) is 1.40. The molecule has 2 rings (SSSR count). The molecule has 1 aromatic heterocycles. The molecule has 0 aliphatic carbocycles. The summed E-state index contributed by atoms with van der Waals surface area (Å²) < 4.78 is 38.7. The topological polar surface area (TPSA) is 28.7 Å². The lowest BCUT2D eigenvalue weighted by molar-refractivity contribution is 0.497. The third-order valence-corrected chi connectivity index (χ3v) is 1.78. The molecule has 0 spiro atoms. The van der Waals surface area contributed by atoms with Gasteiger partial charge in [0.2, 0.25) is 0 Å². The van der Waals surface area contributed by atoms with Gasteiger partial charge in [-0.2, -0.15) is 0 Å². The molecule has 0 radical (unpaired) electrons. The van der Waals surface area contributed by atoms with Crippen LogP contribution < -0.4 is 0 Å². The molecule has 1 heterocycles. The summed E-state index contributed by atoms with van der Waals surface area (Å²) in [6.07, 6.45) is 2.59. The second-order valence-corrected chi connectivity index (χ2v) is 2.71. The summed E-state index contributed by atoms with van der Waals surface area (Å²) in [6.45, 7) is 0. The zero-order valence-electron chi connectivity index (χ0n) is 6.89. The highest BCUT2D eigenvalue weighted by atomic mass is 19.2. The summed E-state index contributed by atoms with van der Waals surface area (Å²) >= 11 is 0. The smallest absolute Gasteiger partial charge is 0.168 e. The molecule has 1 aromatic carbocycles. The van der Waals surface area contributed by atoms with E-state index in [1.165, 1.54) is 12.5 Å². The number of halogens is 3. The van der Waals surface area contributed by atoms with Gasteiger partial charge < -0.3 is 4.98 Å². The van der Waals surface area contributed by atoms with E-state index in [1.54, 1.807) is 0 Å². The van der Waals surface area contributed by atoms with Gasteiger partial charge in [-0.15, -0.1) is 0 Å². The molecule has 72 valence electrons. The summed E-state index contributed by atoms with van der Waals surface area (Å²) in [5.41, 5.74) is 0.0703. The van der Waals surface area contributed by atoms with Crippen LogP contribution in [0.25, 0.3) is 11.3 Å². The van der Waals surface area contributed by atoms with Crippen molar-refractivity contribution in [1.29, 1.82) is 0 Å². The first kappa shape index (κ1) is 8.80. The van der Waals surface area contributed by atoms with Crippen LogP contribution >= 0.6 is 0 Å². The fourth-order valence-electron chi connectivity index (χ4n) is 1.16. The van der Waals surface area contributed by atoms with Crippen LogP contribution in [0.3, 0.4) is 0 Å². The Bertz CT molecular complexity index is 451. The molecule has 0 amide bonds. The van der Waals surface area contributed by atoms with Crippen molar-refractivity contribution in [3.63, 3.8) is 0 Å². The Labute approximate surface area is 77.4 Å². The Kier molecular flexibility index (Phi) is 1.99. The average molecular weight is 198 g/mol. The van der Waals surface area contributed by atoms with Crippen molar-refractivity contribution < 1.29 is 13.2 Å². The number of imidazole rings is 1. The summed E-state index contributed by atoms with van der Waals surface area (Å²) in [5.74, 6) is -3.13. The van der Waals surface area contributed by atoms with E-state index in [0.29, 0.717) is 6.07 Å². The van der Waals surface area contributed by atoms with E-state index in [4.69, 9.17) is 0 Å². The minimum absolute atomic E-state index is 0.167. The summed E-state index contributed by atoms with van der Waals surface area (Å²) in [5, 5.41) is 0. The lowest BCUT2D eigenvalue weighted by Gasteiger charge is -2.01. The monoisotopic (exact) mass is 198 g/mol. The van der Waals surface area contributed by atoms with Gasteiger partial charge in [0, 0.05) is 11.6 Å². The third kappa shape index (κ3) is 1.37. The van der Waals surface area contributed by atoms with Crippen LogP contribution in [0.2, 0.25) is 0 Å². The Morgan fingerprint density at radius 2 is 1.93 bits per heavy atom. The Hall–Kier alpha value is -1.78. The summed E-state index contributed by atoms with van der Waals surface area (Å²) in [4.78, 5) is 6.20. The van der Waals surface area contributed by atoms with Crippen molar-refractivity contribution in [2.24, 2.45) is 0 Å². The molecule has 0 saturated carbocycles. The third-order valence-electron chi connectivity index (χ3n) is 1.78. The Balaban J connectivity index is 2.64. The largest absolute Gasteiger partial charge is 0.345 e. The predicted octanol–water partition coefficient (Wildman–Crippen LogP) is 2.49. The number of aromatic amines is 1. The first-order valence-electron chi connectivity index (χ1n) is 3.82. The Morgan fingerprint density at radius 1 is 1.14 bits per heavy atom. The van der Waals surface area contributed by atoms with Gasteiger partial charge in [-0.25, -0.2) is 18.2 Å². The van der Waals surface area contributed by atoms with E-state index in [1.807, 2.05) is 0 Å². The van der Waals surface area contributed by atoms with Crippen LogP contribution in [0.5, 0.6) is 0 Å². The van der Waals surface area contributed by atoms with Crippen molar-refractivity contribution in [1.82, 2.24) is 9.97 Å². The number of hydrogen-bond acceptors (Lipinski definition) is 1. The highest BCUT2D eigenvalue weighted by Gasteiger charge is 2.13. The van der Waals surface area contributed by atoms with Gasteiger partial charge in [0.15, 0.2) is 11.6 Å². The van der Waals surface area contributed by atoms with Gasteiger partial charge in [0.1, 0.15) is 5.82 Å². The Morgan fingerprint density at radius 3 is 2.57 bits per heavy atom. The van der Waals surface area contributed by atoms with Gasteiger partial charge >= 0.3 is 0 Å². The molecule has 1 N–H and O–H groups in total. The fraction of sp³-hybridized carbons (Fsp3) is 0. The lowest BCUT2D eigenvalue weighted by atomic mass is 10.1. The quantitative estimate of drug-likeness (QED) is 0.700. The SMILES string of the molecule is Fc1cc(F)c(F)c(-c2cnc[nH]2)c1. The minimum atomic E-state index is -1.21. The molecule has 0 unspecified atom stereocenters. The maximum atomic E-state index is 13.2. The molecule has 0 saturated heterocycles. The van der Waals surface area contributed by atoms with Gasteiger partial charge in [-0.1, -0.05) is 0 Å². The van der Waals surface area contributed by atoms with Crippen LogP contribution in [0, 0.1) is 17.5 Å². The zero-order valence-corrected chi connectivity index (χ0v) is 6.89. The fourth-order valence-corrected chi connectivity index (χ4v) is 1.16. The summed E-state index contributed by atoms with van der Waals surface area (Å²) in [7, 11) is 0. The van der Waals surface area contributed by atoms with Crippen LogP contribution in [-0.2, 0) is 0 Å². The van der Waals surface area contributed by atoms with Crippen LogP contribution in [0.1, 0.15) is 0 Å². The maximum absolute atomic E-state index is 13.2. The van der Waals surface area contributed by atoms with E-state index >= 15 is 0 Å². The van der Waals surface area contributed by atoms with Gasteiger partial charge in [0.25, 0.3) is 0 Å². The van der Waals surface area contributed by atoms with E-state index in [-0.39, 0.29) is 11.3 Å². The number of nitrogens with one attached hydrogen (secondary N) is 1. The molecule has 2 nitrogen and oxygen atoms in total. The van der Waals surface area contributed by atoms with Gasteiger partial charge in [-0.3, -0.25) is 0 Å². The first-order valence-corrected chi connectivity index (χ1v) is 3.82. The predicted molar refractivity (Wildman–Crippen MR) is 43.9 cm³/mol. The second kappa shape index (κ2) is 3.17. The molecule has 14 heavy (non-hydrogen) atoms. The number of hydrogen-bond donors (Lipinski definition) is 1. The number of rotatable bonds is 1. The molecular formula is C9H5F3N2. The molecule has 5 heteroatoms. The number of benzene rings is 1. The van der Waals surface area contributed by atoms with Crippen molar-refractivity contribution in [2.75, 3.05) is 0 Å². The zero-order chi connectivity index (χ0) is 10.1. The molecule has 0 bridgehead atoms. The van der Waals surface area contributed by atoms with Crippen LogP contribution in [-0.4, -0.2) is 9.97 Å². The van der Waals surface area contributed by atoms with E-state index < -0.39 is 17.5 Å². The van der Waals surface area contributed by atoms with E-state index in [2.05, 4.69) is 9.97 Å². The first-order chi connectivity index (χ1) is 6.68. The molecular weight excluding hydrogens is 193 g/mol. The molecule has 0 aliphatic heterocycles. The van der Waals surface area contributed by atoms with Crippen molar-refractivity contribution in [3.05, 3.63) is 42.1 Å². The second-order valence-electron chi connectivity index (χ2n) is 2.71. The maximum Gasteiger partial charge on any atom is 0.168 e. The highest BCUT2D eigenvalue weighted by molar-refractivity contribution is 5.59. The highest BCUT2D eigenvalue weighted by Crippen LogP contribution is 2.23. The average Bonchev–Trinajstić information content (AvgIpc) is 2.63. The molecule has 0 fully saturated rings. The standard InChI is InChI=1S/C9H5F3N2/c10-5-1-6(8-3-13-4-14-8)9(12)7(11)2-5/h1-4H,(H,13,14). The lowest BCUT2D eigenvalue weighted by Crippen LogP contribution is -1.92. The molecule has 0 atom stereocenters. The van der Waals surface area contributed by atoms with Crippen molar-refractivity contribution in [2.45, 2.75) is 0 Å². The van der Waals surface area contributed by atoms with E-state index in [9.17, 15) is 13.2 Å². The van der Waals surface area contributed by atoms with Crippen molar-refractivity contribution >= 4 is 0 Å². The van der Waals surface area contributed by atoms with Crippen LogP contribution in [0.15, 0.2) is 24.7 Å². The van der Waals surface area contributed by atoms with Crippen LogP contribution in [0.4, 0.5) is 13.2 Å². The van der Waals surface area contributed by atoms with E-state index in [0.717, 1.165) is 6.07 Å². The normalized spacial score (nSPS) is 10.5. The number of nitrogens with zero attached hydrogens (tertiary/aromatic N) is 1. The van der Waals surface area contributed by atoms with Gasteiger partial charge in [-0.05, 0) is 6.07 Å². The number of H-pyrrole nitrogens is 1. The molecule has 0 aliphatic rings. The molecule has 2 aromatic rings. The number of aromatic nitrogens is 2. The van der Waals surface area contributed by atoms with Gasteiger partial charge in [0.05, 0.1) is 18.2 Å².